The van der Waals surface area contributed by atoms with Gasteiger partial charge < -0.3 is 9.67 Å². The summed E-state index contributed by atoms with van der Waals surface area (Å²) in [5.74, 6) is -0.775. The topological polar surface area (TPSA) is 55.1 Å². The van der Waals surface area contributed by atoms with Gasteiger partial charge in [-0.25, -0.2) is 4.98 Å². The summed E-state index contributed by atoms with van der Waals surface area (Å²) < 4.78 is 2.09. The zero-order valence-electron chi connectivity index (χ0n) is 10.7. The van der Waals surface area contributed by atoms with Gasteiger partial charge in [-0.15, -0.1) is 11.3 Å². The van der Waals surface area contributed by atoms with Gasteiger partial charge >= 0.3 is 5.97 Å². The number of imidazole rings is 1. The monoisotopic (exact) mass is 296 g/mol. The van der Waals surface area contributed by atoms with Crippen LogP contribution in [0.2, 0.25) is 0 Å². The van der Waals surface area contributed by atoms with Crippen molar-refractivity contribution in [1.29, 1.82) is 0 Å². The molecule has 1 unspecified atom stereocenters. The highest BCUT2D eigenvalue weighted by Crippen LogP contribution is 2.31. The minimum absolute atomic E-state index is 0.0420. The molecule has 0 aliphatic rings. The Morgan fingerprint density at radius 1 is 1.63 bits per heavy atom. The van der Waals surface area contributed by atoms with Crippen LogP contribution in [-0.4, -0.2) is 26.4 Å². The van der Waals surface area contributed by atoms with Crippen LogP contribution in [0, 0.1) is 0 Å². The highest BCUT2D eigenvalue weighted by atomic mass is 32.2. The van der Waals surface area contributed by atoms with Crippen molar-refractivity contribution in [3.8, 4) is 0 Å². The van der Waals surface area contributed by atoms with Gasteiger partial charge in [-0.3, -0.25) is 4.79 Å². The normalized spacial score (nSPS) is 12.5. The van der Waals surface area contributed by atoms with E-state index >= 15 is 0 Å². The first kappa shape index (κ1) is 14.1. The molecule has 0 amide bonds. The molecule has 2 rings (SSSR count). The lowest BCUT2D eigenvalue weighted by atomic mass is 10.1. The van der Waals surface area contributed by atoms with Crippen molar-refractivity contribution in [3.05, 3.63) is 34.8 Å². The minimum Gasteiger partial charge on any atom is -0.481 e. The van der Waals surface area contributed by atoms with Gasteiger partial charge in [0.1, 0.15) is 0 Å². The van der Waals surface area contributed by atoms with Gasteiger partial charge in [0.05, 0.1) is 11.8 Å². The number of carboxylic acid groups (broad SMARTS) is 1. The van der Waals surface area contributed by atoms with Crippen LogP contribution in [0.4, 0.5) is 0 Å². The molecule has 102 valence electrons. The zero-order chi connectivity index (χ0) is 13.7. The van der Waals surface area contributed by atoms with Crippen LogP contribution in [-0.2, 0) is 4.79 Å². The molecule has 1 atom stereocenters. The number of thiophene rings is 1. The molecular formula is C13H16N2O2S2. The van der Waals surface area contributed by atoms with E-state index in [0.29, 0.717) is 0 Å². The van der Waals surface area contributed by atoms with Crippen LogP contribution in [0.1, 0.15) is 30.7 Å². The molecule has 2 heterocycles. The molecule has 0 spiro atoms. The van der Waals surface area contributed by atoms with Crippen LogP contribution in [0.15, 0.2) is 35.1 Å². The second kappa shape index (κ2) is 6.77. The standard InChI is InChI=1S/C13H16N2O2S2/c1-2-4-10(11-5-3-8-18-11)15-7-6-14-13(15)19-9-12(16)17/h3,5-8,10H,2,4,9H2,1H3,(H,16,17). The van der Waals surface area contributed by atoms with Gasteiger partial charge in [-0.2, -0.15) is 0 Å². The van der Waals surface area contributed by atoms with Crippen molar-refractivity contribution in [1.82, 2.24) is 9.55 Å². The molecule has 4 nitrogen and oxygen atoms in total. The van der Waals surface area contributed by atoms with E-state index in [0.717, 1.165) is 18.0 Å². The fourth-order valence-electron chi connectivity index (χ4n) is 1.95. The van der Waals surface area contributed by atoms with Crippen molar-refractivity contribution in [2.45, 2.75) is 31.0 Å². The van der Waals surface area contributed by atoms with Crippen molar-refractivity contribution in [3.63, 3.8) is 0 Å². The Bertz CT molecular complexity index is 522. The summed E-state index contributed by atoms with van der Waals surface area (Å²) in [5.41, 5.74) is 0. The number of hydrogen-bond donors (Lipinski definition) is 1. The summed E-state index contributed by atoms with van der Waals surface area (Å²) in [6.45, 7) is 2.15. The van der Waals surface area contributed by atoms with E-state index in [1.54, 1.807) is 17.5 Å². The summed E-state index contributed by atoms with van der Waals surface area (Å²) >= 11 is 3.00. The van der Waals surface area contributed by atoms with E-state index in [4.69, 9.17) is 5.11 Å². The van der Waals surface area contributed by atoms with Crippen molar-refractivity contribution in [2.75, 3.05) is 5.75 Å². The molecule has 0 aliphatic carbocycles. The van der Waals surface area contributed by atoms with Crippen molar-refractivity contribution >= 4 is 29.1 Å². The maximum Gasteiger partial charge on any atom is 0.313 e. The molecular weight excluding hydrogens is 280 g/mol. The average molecular weight is 296 g/mol. The first-order valence-corrected chi connectivity index (χ1v) is 7.99. The summed E-state index contributed by atoms with van der Waals surface area (Å²) in [6, 6.07) is 4.42. The predicted molar refractivity (Wildman–Crippen MR) is 78.0 cm³/mol. The zero-order valence-corrected chi connectivity index (χ0v) is 12.3. The lowest BCUT2D eigenvalue weighted by Gasteiger charge is -2.18. The SMILES string of the molecule is CCCC(c1cccs1)n1ccnc1SCC(=O)O. The van der Waals surface area contributed by atoms with Crippen LogP contribution >= 0.6 is 23.1 Å². The third-order valence-electron chi connectivity index (χ3n) is 2.73. The number of thioether (sulfide) groups is 1. The minimum atomic E-state index is -0.817. The highest BCUT2D eigenvalue weighted by molar-refractivity contribution is 7.99. The molecule has 0 aromatic carbocycles. The first-order valence-electron chi connectivity index (χ1n) is 6.13. The Balaban J connectivity index is 2.22. The Morgan fingerprint density at radius 2 is 2.47 bits per heavy atom. The van der Waals surface area contributed by atoms with Gasteiger partial charge in [0.2, 0.25) is 0 Å². The molecule has 19 heavy (non-hydrogen) atoms. The lowest BCUT2D eigenvalue weighted by Crippen LogP contribution is -2.10. The number of carboxylic acids is 1. The molecule has 2 aromatic rings. The molecule has 6 heteroatoms. The largest absolute Gasteiger partial charge is 0.481 e. The Hall–Kier alpha value is -1.27. The Morgan fingerprint density at radius 3 is 3.11 bits per heavy atom. The Kier molecular flexibility index (Phi) is 5.04. The van der Waals surface area contributed by atoms with Crippen molar-refractivity contribution in [2.24, 2.45) is 0 Å². The smallest absolute Gasteiger partial charge is 0.313 e. The maximum atomic E-state index is 10.7. The molecule has 0 bridgehead atoms. The fourth-order valence-corrected chi connectivity index (χ4v) is 3.53. The quantitative estimate of drug-likeness (QED) is 0.794. The van der Waals surface area contributed by atoms with E-state index in [1.165, 1.54) is 16.6 Å². The molecule has 1 N–H and O–H groups in total. The lowest BCUT2D eigenvalue weighted by molar-refractivity contribution is -0.133. The van der Waals surface area contributed by atoms with Crippen LogP contribution in [0.5, 0.6) is 0 Å². The fraction of sp³-hybridized carbons (Fsp3) is 0.385. The molecule has 0 fully saturated rings. The van der Waals surface area contributed by atoms with E-state index in [9.17, 15) is 4.79 Å². The highest BCUT2D eigenvalue weighted by Gasteiger charge is 2.17. The van der Waals surface area contributed by atoms with E-state index in [2.05, 4.69) is 27.9 Å². The molecule has 0 radical (unpaired) electrons. The van der Waals surface area contributed by atoms with Gasteiger partial charge in [-0.05, 0) is 17.9 Å². The van der Waals surface area contributed by atoms with Crippen LogP contribution in [0.3, 0.4) is 0 Å². The number of carbonyl (C=O) groups is 1. The van der Waals surface area contributed by atoms with Crippen LogP contribution in [0.25, 0.3) is 0 Å². The Labute approximate surface area is 120 Å². The second-order valence-electron chi connectivity index (χ2n) is 4.12. The number of aliphatic carboxylic acids is 1. The molecule has 0 saturated heterocycles. The number of rotatable bonds is 7. The second-order valence-corrected chi connectivity index (χ2v) is 6.04. The maximum absolute atomic E-state index is 10.7. The van der Waals surface area contributed by atoms with Gasteiger partial charge in [0.25, 0.3) is 0 Å². The van der Waals surface area contributed by atoms with E-state index < -0.39 is 5.97 Å². The van der Waals surface area contributed by atoms with Gasteiger partial charge in [0.15, 0.2) is 5.16 Å². The molecule has 2 aromatic heterocycles. The third kappa shape index (κ3) is 3.61. The van der Waals surface area contributed by atoms with Gasteiger partial charge in [0, 0.05) is 17.3 Å². The summed E-state index contributed by atoms with van der Waals surface area (Å²) in [5, 5.41) is 11.6. The number of nitrogens with zero attached hydrogens (tertiary/aromatic N) is 2. The predicted octanol–water partition coefficient (Wildman–Crippen LogP) is 3.51. The van der Waals surface area contributed by atoms with Crippen molar-refractivity contribution < 1.29 is 9.90 Å². The first-order chi connectivity index (χ1) is 9.22. The van der Waals surface area contributed by atoms with Gasteiger partial charge in [-0.1, -0.05) is 31.2 Å². The molecule has 0 aliphatic heterocycles. The summed E-state index contributed by atoms with van der Waals surface area (Å²) in [7, 11) is 0. The number of hydrogen-bond acceptors (Lipinski definition) is 4. The number of aromatic nitrogens is 2. The van der Waals surface area contributed by atoms with Crippen LogP contribution < -0.4 is 0 Å². The molecule has 0 saturated carbocycles. The van der Waals surface area contributed by atoms with E-state index in [1.807, 2.05) is 12.3 Å². The third-order valence-corrected chi connectivity index (χ3v) is 4.67. The summed E-state index contributed by atoms with van der Waals surface area (Å²) in [6.07, 6.45) is 5.77. The average Bonchev–Trinajstić information content (AvgIpc) is 3.04. The summed E-state index contributed by atoms with van der Waals surface area (Å²) in [4.78, 5) is 16.2. The van der Waals surface area contributed by atoms with E-state index in [-0.39, 0.29) is 11.8 Å².